The first-order valence-electron chi connectivity index (χ1n) is 8.73. The Hall–Kier alpha value is -1.52. The van der Waals surface area contributed by atoms with E-state index in [4.69, 9.17) is 25.8 Å². The van der Waals surface area contributed by atoms with E-state index in [0.717, 1.165) is 22.9 Å². The minimum absolute atomic E-state index is 0. The first-order valence-corrected chi connectivity index (χ1v) is 10.1. The number of ether oxygens (including phenoxy) is 3. The molecule has 2 N–H and O–H groups in total. The fourth-order valence-electron chi connectivity index (χ4n) is 2.57. The van der Waals surface area contributed by atoms with E-state index in [-0.39, 0.29) is 24.0 Å². The van der Waals surface area contributed by atoms with Crippen molar-refractivity contribution in [3.05, 3.63) is 47.0 Å². The van der Waals surface area contributed by atoms with Gasteiger partial charge in [-0.05, 0) is 36.4 Å². The average molecular weight is 552 g/mol. The molecule has 29 heavy (non-hydrogen) atoms. The summed E-state index contributed by atoms with van der Waals surface area (Å²) in [6.07, 6.45) is 0. The van der Waals surface area contributed by atoms with Gasteiger partial charge in [0.25, 0.3) is 0 Å². The smallest absolute Gasteiger partial charge is 0.203 e. The molecule has 0 saturated heterocycles. The van der Waals surface area contributed by atoms with Crippen LogP contribution in [0.2, 0.25) is 5.02 Å². The van der Waals surface area contributed by atoms with Gasteiger partial charge in [0, 0.05) is 41.4 Å². The number of hydrogen-bond acceptors (Lipinski definition) is 5. The second kappa shape index (κ2) is 13.7. The summed E-state index contributed by atoms with van der Waals surface area (Å²) in [6, 6.07) is 11.6. The van der Waals surface area contributed by atoms with Gasteiger partial charge >= 0.3 is 0 Å². The van der Waals surface area contributed by atoms with Crippen molar-refractivity contribution in [1.82, 2.24) is 10.6 Å². The second-order valence-corrected chi connectivity index (χ2v) is 7.25. The lowest BCUT2D eigenvalue weighted by molar-refractivity contribution is 0.322. The zero-order chi connectivity index (χ0) is 20.4. The third-order valence-electron chi connectivity index (χ3n) is 3.93. The van der Waals surface area contributed by atoms with E-state index in [1.54, 1.807) is 40.1 Å². The number of guanidine groups is 1. The van der Waals surface area contributed by atoms with Gasteiger partial charge in [0.1, 0.15) is 0 Å². The van der Waals surface area contributed by atoms with Gasteiger partial charge in [-0.2, -0.15) is 0 Å². The van der Waals surface area contributed by atoms with E-state index >= 15 is 0 Å². The van der Waals surface area contributed by atoms with Crippen molar-refractivity contribution in [3.8, 4) is 17.2 Å². The molecule has 2 rings (SSSR count). The Bertz CT molecular complexity index is 791. The Balaban J connectivity index is 0.00000420. The van der Waals surface area contributed by atoms with Crippen molar-refractivity contribution in [2.75, 3.05) is 40.7 Å². The highest BCUT2D eigenvalue weighted by molar-refractivity contribution is 14.0. The van der Waals surface area contributed by atoms with E-state index in [0.29, 0.717) is 29.8 Å². The number of nitrogens with one attached hydrogen (secondary N) is 2. The van der Waals surface area contributed by atoms with Crippen molar-refractivity contribution in [2.45, 2.75) is 11.4 Å². The Morgan fingerprint density at radius 1 is 0.966 bits per heavy atom. The Morgan fingerprint density at radius 2 is 1.66 bits per heavy atom. The van der Waals surface area contributed by atoms with Crippen LogP contribution in [0.25, 0.3) is 0 Å². The van der Waals surface area contributed by atoms with Crippen LogP contribution in [-0.4, -0.2) is 46.6 Å². The Labute approximate surface area is 198 Å². The summed E-state index contributed by atoms with van der Waals surface area (Å²) in [5.74, 6) is 3.47. The first kappa shape index (κ1) is 25.5. The number of nitrogens with zero attached hydrogens (tertiary/aromatic N) is 1. The third-order valence-corrected chi connectivity index (χ3v) is 5.20. The average Bonchev–Trinajstić information content (AvgIpc) is 2.73. The van der Waals surface area contributed by atoms with E-state index in [2.05, 4.69) is 15.6 Å². The van der Waals surface area contributed by atoms with Crippen LogP contribution in [0.5, 0.6) is 17.2 Å². The van der Waals surface area contributed by atoms with Gasteiger partial charge in [0.15, 0.2) is 17.5 Å². The standard InChI is InChI=1S/C20H26ClN3O3S.HI/c1-22-20(23-11-12-28-16-8-6-15(21)7-9-16)24-13-14-5-10-17(25-2)19(27-4)18(14)26-3;/h5-10H,11-13H2,1-4H3,(H2,22,23,24);1H. The molecule has 6 nitrogen and oxygen atoms in total. The van der Waals surface area contributed by atoms with Crippen LogP contribution in [0.15, 0.2) is 46.3 Å². The molecular formula is C20H27ClIN3O3S. The largest absolute Gasteiger partial charge is 0.493 e. The first-order chi connectivity index (χ1) is 13.6. The number of halogens is 2. The maximum absolute atomic E-state index is 5.91. The van der Waals surface area contributed by atoms with Gasteiger partial charge in [0.05, 0.1) is 21.3 Å². The maximum atomic E-state index is 5.91. The molecule has 0 unspecified atom stereocenters. The van der Waals surface area contributed by atoms with Gasteiger partial charge in [-0.3, -0.25) is 4.99 Å². The second-order valence-electron chi connectivity index (χ2n) is 5.65. The molecule has 0 aliphatic carbocycles. The molecule has 0 fully saturated rings. The summed E-state index contributed by atoms with van der Waals surface area (Å²) >= 11 is 7.66. The lowest BCUT2D eigenvalue weighted by atomic mass is 10.1. The Morgan fingerprint density at radius 3 is 2.24 bits per heavy atom. The topological polar surface area (TPSA) is 64.1 Å². The van der Waals surface area contributed by atoms with Crippen molar-refractivity contribution in [2.24, 2.45) is 4.99 Å². The molecule has 9 heteroatoms. The minimum atomic E-state index is 0. The predicted octanol–water partition coefficient (Wildman–Crippen LogP) is 4.44. The monoisotopic (exact) mass is 551 g/mol. The van der Waals surface area contributed by atoms with Crippen molar-refractivity contribution < 1.29 is 14.2 Å². The van der Waals surface area contributed by atoms with Crippen molar-refractivity contribution in [3.63, 3.8) is 0 Å². The van der Waals surface area contributed by atoms with Crippen LogP contribution in [-0.2, 0) is 6.54 Å². The zero-order valence-corrected chi connectivity index (χ0v) is 20.9. The van der Waals surface area contributed by atoms with Gasteiger partial charge in [-0.1, -0.05) is 11.6 Å². The molecular weight excluding hydrogens is 525 g/mol. The third kappa shape index (κ3) is 7.67. The molecule has 0 spiro atoms. The molecule has 0 radical (unpaired) electrons. The summed E-state index contributed by atoms with van der Waals surface area (Å²) in [4.78, 5) is 5.45. The van der Waals surface area contributed by atoms with Crippen molar-refractivity contribution >= 4 is 53.3 Å². The molecule has 0 aliphatic heterocycles. The van der Waals surface area contributed by atoms with E-state index < -0.39 is 0 Å². The predicted molar refractivity (Wildman–Crippen MR) is 132 cm³/mol. The summed E-state index contributed by atoms with van der Waals surface area (Å²) < 4.78 is 16.3. The fourth-order valence-corrected chi connectivity index (χ4v) is 3.47. The lowest BCUT2D eigenvalue weighted by Gasteiger charge is -2.17. The van der Waals surface area contributed by atoms with Crippen molar-refractivity contribution in [1.29, 1.82) is 0 Å². The number of aliphatic imine (C=N–C) groups is 1. The number of benzene rings is 2. The molecule has 160 valence electrons. The highest BCUT2D eigenvalue weighted by Crippen LogP contribution is 2.39. The molecule has 0 heterocycles. The van der Waals surface area contributed by atoms with E-state index in [9.17, 15) is 0 Å². The number of thioether (sulfide) groups is 1. The number of methoxy groups -OCH3 is 3. The van der Waals surface area contributed by atoms with Crippen LogP contribution in [0.4, 0.5) is 0 Å². The SMILES string of the molecule is CN=C(NCCSc1ccc(Cl)cc1)NCc1ccc(OC)c(OC)c1OC.I. The van der Waals surface area contributed by atoms with Gasteiger partial charge in [-0.15, -0.1) is 35.7 Å². The van der Waals surface area contributed by atoms with Gasteiger partial charge in [0.2, 0.25) is 5.75 Å². The Kier molecular flexibility index (Phi) is 12.0. The molecule has 2 aromatic carbocycles. The molecule has 0 saturated carbocycles. The summed E-state index contributed by atoms with van der Waals surface area (Å²) in [5.41, 5.74) is 0.943. The molecule has 0 bridgehead atoms. The fraction of sp³-hybridized carbons (Fsp3) is 0.350. The molecule has 0 aliphatic rings. The van der Waals surface area contributed by atoms with Crippen LogP contribution >= 0.6 is 47.3 Å². The van der Waals surface area contributed by atoms with Gasteiger partial charge in [-0.25, -0.2) is 0 Å². The summed E-state index contributed by atoms with van der Waals surface area (Å²) in [7, 11) is 6.55. The lowest BCUT2D eigenvalue weighted by Crippen LogP contribution is -2.38. The zero-order valence-electron chi connectivity index (χ0n) is 17.0. The van der Waals surface area contributed by atoms with Crippen LogP contribution in [0, 0.1) is 0 Å². The van der Waals surface area contributed by atoms with E-state index in [1.807, 2.05) is 36.4 Å². The molecule has 0 amide bonds. The molecule has 2 aromatic rings. The minimum Gasteiger partial charge on any atom is -0.493 e. The highest BCUT2D eigenvalue weighted by atomic mass is 127. The maximum Gasteiger partial charge on any atom is 0.203 e. The van der Waals surface area contributed by atoms with Gasteiger partial charge < -0.3 is 24.8 Å². The summed E-state index contributed by atoms with van der Waals surface area (Å²) in [5, 5.41) is 7.34. The van der Waals surface area contributed by atoms with E-state index in [1.165, 1.54) is 4.90 Å². The summed E-state index contributed by atoms with van der Waals surface area (Å²) in [6.45, 7) is 1.31. The number of hydrogen-bond donors (Lipinski definition) is 2. The quantitative estimate of drug-likeness (QED) is 0.158. The van der Waals surface area contributed by atoms with Crippen LogP contribution < -0.4 is 24.8 Å². The molecule has 0 atom stereocenters. The highest BCUT2D eigenvalue weighted by Gasteiger charge is 2.15. The molecule has 0 aromatic heterocycles. The van der Waals surface area contributed by atoms with Crippen LogP contribution in [0.1, 0.15) is 5.56 Å². The van der Waals surface area contributed by atoms with Crippen LogP contribution in [0.3, 0.4) is 0 Å². The normalized spacial score (nSPS) is 10.7. The number of rotatable bonds is 9.